The number of hydrogen-bond donors (Lipinski definition) is 1. The largest absolute Gasteiger partial charge is 0.321 e. The highest BCUT2D eigenvalue weighted by Crippen LogP contribution is 2.14. The third kappa shape index (κ3) is 2.79. The van der Waals surface area contributed by atoms with E-state index < -0.39 is 0 Å². The van der Waals surface area contributed by atoms with Crippen LogP contribution in [0.25, 0.3) is 0 Å². The molecule has 1 amide bonds. The summed E-state index contributed by atoms with van der Waals surface area (Å²) in [5, 5.41) is 4.73. The Balaban J connectivity index is 2.09. The lowest BCUT2D eigenvalue weighted by molar-refractivity contribution is 0.103. The van der Waals surface area contributed by atoms with Crippen molar-refractivity contribution in [2.75, 3.05) is 5.32 Å². The van der Waals surface area contributed by atoms with Crippen LogP contribution in [0.4, 0.5) is 5.69 Å². The molecule has 0 unspecified atom stereocenters. The zero-order valence-electron chi connectivity index (χ0n) is 7.74. The number of rotatable bonds is 2. The van der Waals surface area contributed by atoms with Crippen molar-refractivity contribution in [3.05, 3.63) is 50.2 Å². The van der Waals surface area contributed by atoms with E-state index in [0.717, 1.165) is 14.1 Å². The van der Waals surface area contributed by atoms with E-state index in [-0.39, 0.29) is 5.91 Å². The first-order chi connectivity index (χ1) is 7.25. The number of thiophene rings is 1. The van der Waals surface area contributed by atoms with Gasteiger partial charge in [-0.25, -0.2) is 0 Å². The van der Waals surface area contributed by atoms with E-state index in [0.29, 0.717) is 0 Å². The van der Waals surface area contributed by atoms with Crippen LogP contribution in [0.5, 0.6) is 0 Å². The molecule has 1 aromatic carbocycles. The molecule has 15 heavy (non-hydrogen) atoms. The van der Waals surface area contributed by atoms with Gasteiger partial charge in [0.1, 0.15) is 0 Å². The number of anilines is 1. The van der Waals surface area contributed by atoms with Crippen molar-refractivity contribution < 1.29 is 4.79 Å². The van der Waals surface area contributed by atoms with Gasteiger partial charge in [-0.15, -0.1) is 11.3 Å². The Morgan fingerprint density at radius 3 is 2.53 bits per heavy atom. The topological polar surface area (TPSA) is 29.1 Å². The Morgan fingerprint density at radius 1 is 1.20 bits per heavy atom. The summed E-state index contributed by atoms with van der Waals surface area (Å²) in [4.78, 5) is 12.4. The van der Waals surface area contributed by atoms with Gasteiger partial charge in [-0.3, -0.25) is 4.79 Å². The van der Waals surface area contributed by atoms with Gasteiger partial charge in [0.05, 0.1) is 4.88 Å². The van der Waals surface area contributed by atoms with Gasteiger partial charge < -0.3 is 5.32 Å². The maximum atomic E-state index is 11.7. The number of nitrogens with one attached hydrogen (secondary N) is 1. The van der Waals surface area contributed by atoms with Gasteiger partial charge in [-0.2, -0.15) is 0 Å². The van der Waals surface area contributed by atoms with Crippen molar-refractivity contribution in [1.82, 2.24) is 0 Å². The summed E-state index contributed by atoms with van der Waals surface area (Å²) in [6, 6.07) is 11.4. The average Bonchev–Trinajstić information content (AvgIpc) is 2.74. The van der Waals surface area contributed by atoms with Crippen LogP contribution in [-0.4, -0.2) is 5.91 Å². The van der Waals surface area contributed by atoms with Crippen LogP contribution in [0.1, 0.15) is 9.67 Å². The van der Waals surface area contributed by atoms with Crippen LogP contribution in [0, 0.1) is 3.57 Å². The van der Waals surface area contributed by atoms with Crippen molar-refractivity contribution in [3.63, 3.8) is 0 Å². The predicted molar refractivity (Wildman–Crippen MR) is 71.4 cm³/mol. The summed E-state index contributed by atoms with van der Waals surface area (Å²) >= 11 is 3.67. The lowest BCUT2D eigenvalue weighted by Gasteiger charge is -2.02. The first-order valence-corrected chi connectivity index (χ1v) is 6.32. The van der Waals surface area contributed by atoms with E-state index in [2.05, 4.69) is 27.9 Å². The maximum absolute atomic E-state index is 11.7. The third-order valence-electron chi connectivity index (χ3n) is 1.85. The van der Waals surface area contributed by atoms with Gasteiger partial charge in [0.25, 0.3) is 5.91 Å². The average molecular weight is 329 g/mol. The van der Waals surface area contributed by atoms with E-state index >= 15 is 0 Å². The van der Waals surface area contributed by atoms with Crippen molar-refractivity contribution in [2.45, 2.75) is 0 Å². The molecule has 0 atom stereocenters. The summed E-state index contributed by atoms with van der Waals surface area (Å²) in [7, 11) is 0. The minimum Gasteiger partial charge on any atom is -0.321 e. The zero-order chi connectivity index (χ0) is 10.7. The van der Waals surface area contributed by atoms with Crippen LogP contribution in [0.2, 0.25) is 0 Å². The number of benzene rings is 1. The number of hydrogen-bond acceptors (Lipinski definition) is 2. The zero-order valence-corrected chi connectivity index (χ0v) is 10.7. The molecule has 2 nitrogen and oxygen atoms in total. The highest BCUT2D eigenvalue weighted by molar-refractivity contribution is 14.1. The molecule has 0 saturated heterocycles. The van der Waals surface area contributed by atoms with Crippen LogP contribution in [-0.2, 0) is 0 Å². The number of carbonyl (C=O) groups excluding carboxylic acids is 1. The standard InChI is InChI=1S/C11H8INOS/c12-8-3-5-9(6-4-8)13-11(14)10-2-1-7-15-10/h1-7H,(H,13,14). The highest BCUT2D eigenvalue weighted by Gasteiger charge is 2.05. The molecule has 0 aliphatic carbocycles. The Labute approximate surface area is 105 Å². The quantitative estimate of drug-likeness (QED) is 0.838. The number of amides is 1. The second-order valence-electron chi connectivity index (χ2n) is 2.94. The monoisotopic (exact) mass is 329 g/mol. The fraction of sp³-hybridized carbons (Fsp3) is 0. The summed E-state index contributed by atoms with van der Waals surface area (Å²) < 4.78 is 1.15. The Bertz CT molecular complexity index is 450. The Hall–Kier alpha value is -0.880. The van der Waals surface area contributed by atoms with E-state index in [1.807, 2.05) is 41.8 Å². The molecular weight excluding hydrogens is 321 g/mol. The molecule has 1 N–H and O–H groups in total. The van der Waals surface area contributed by atoms with E-state index in [1.165, 1.54) is 11.3 Å². The van der Waals surface area contributed by atoms with Crippen LogP contribution in [0.3, 0.4) is 0 Å². The predicted octanol–water partition coefficient (Wildman–Crippen LogP) is 3.61. The molecule has 76 valence electrons. The number of halogens is 1. The molecule has 0 aliphatic rings. The molecule has 4 heteroatoms. The van der Waals surface area contributed by atoms with Gasteiger partial charge in [-0.05, 0) is 58.3 Å². The molecular formula is C11H8INOS. The van der Waals surface area contributed by atoms with Crippen molar-refractivity contribution in [2.24, 2.45) is 0 Å². The van der Waals surface area contributed by atoms with Crippen molar-refractivity contribution in [3.8, 4) is 0 Å². The molecule has 0 saturated carbocycles. The lowest BCUT2D eigenvalue weighted by Crippen LogP contribution is -2.09. The Morgan fingerprint density at radius 2 is 1.93 bits per heavy atom. The van der Waals surface area contributed by atoms with E-state index in [9.17, 15) is 4.79 Å². The summed E-state index contributed by atoms with van der Waals surface area (Å²) in [5.41, 5.74) is 0.828. The van der Waals surface area contributed by atoms with E-state index in [1.54, 1.807) is 0 Å². The fourth-order valence-corrected chi connectivity index (χ4v) is 2.11. The molecule has 2 rings (SSSR count). The van der Waals surface area contributed by atoms with Gasteiger partial charge in [0.15, 0.2) is 0 Å². The van der Waals surface area contributed by atoms with Crippen LogP contribution in [0.15, 0.2) is 41.8 Å². The SMILES string of the molecule is O=C(Nc1ccc(I)cc1)c1cccs1. The minimum atomic E-state index is -0.0498. The van der Waals surface area contributed by atoms with Gasteiger partial charge in [-0.1, -0.05) is 6.07 Å². The summed E-state index contributed by atoms with van der Waals surface area (Å²) in [5.74, 6) is -0.0498. The molecule has 1 heterocycles. The molecule has 0 radical (unpaired) electrons. The van der Waals surface area contributed by atoms with Gasteiger partial charge >= 0.3 is 0 Å². The first-order valence-electron chi connectivity index (χ1n) is 4.36. The molecule has 0 spiro atoms. The normalized spacial score (nSPS) is 9.93. The minimum absolute atomic E-state index is 0.0498. The lowest BCUT2D eigenvalue weighted by atomic mass is 10.3. The second kappa shape index (κ2) is 4.76. The summed E-state index contributed by atoms with van der Waals surface area (Å²) in [6.45, 7) is 0. The van der Waals surface area contributed by atoms with Crippen molar-refractivity contribution in [1.29, 1.82) is 0 Å². The molecule has 2 aromatic rings. The summed E-state index contributed by atoms with van der Waals surface area (Å²) in [6.07, 6.45) is 0. The maximum Gasteiger partial charge on any atom is 0.265 e. The van der Waals surface area contributed by atoms with Crippen LogP contribution >= 0.6 is 33.9 Å². The van der Waals surface area contributed by atoms with Gasteiger partial charge in [0, 0.05) is 9.26 Å². The molecule has 1 aromatic heterocycles. The van der Waals surface area contributed by atoms with E-state index in [4.69, 9.17) is 0 Å². The van der Waals surface area contributed by atoms with Crippen molar-refractivity contribution >= 4 is 45.5 Å². The molecule has 0 aliphatic heterocycles. The van der Waals surface area contributed by atoms with Crippen LogP contribution < -0.4 is 5.32 Å². The first kappa shape index (κ1) is 10.6. The van der Waals surface area contributed by atoms with Gasteiger partial charge in [0.2, 0.25) is 0 Å². The number of carbonyl (C=O) groups is 1. The smallest absolute Gasteiger partial charge is 0.265 e. The highest BCUT2D eigenvalue weighted by atomic mass is 127. The second-order valence-corrected chi connectivity index (χ2v) is 5.13. The fourth-order valence-electron chi connectivity index (χ4n) is 1.13. The molecule has 0 bridgehead atoms. The third-order valence-corrected chi connectivity index (χ3v) is 3.43. The molecule has 0 fully saturated rings. The Kier molecular flexibility index (Phi) is 3.37.